The van der Waals surface area contributed by atoms with Crippen LogP contribution in [0.2, 0.25) is 0 Å². The van der Waals surface area contributed by atoms with Crippen LogP contribution in [-0.2, 0) is 16.3 Å². The maximum atomic E-state index is 12.2. The van der Waals surface area contributed by atoms with Crippen LogP contribution >= 0.6 is 23.5 Å². The molecule has 5 nitrogen and oxygen atoms in total. The molecule has 1 aliphatic heterocycles. The zero-order chi connectivity index (χ0) is 17.1. The SMILES string of the molecule is CC(C)c1ccccc1NC(=O)CSc1nc2c(c(=O)[nH]1)CSC2. The van der Waals surface area contributed by atoms with Crippen molar-refractivity contribution in [1.82, 2.24) is 9.97 Å². The van der Waals surface area contributed by atoms with Crippen LogP contribution < -0.4 is 10.9 Å². The van der Waals surface area contributed by atoms with Crippen LogP contribution in [0.5, 0.6) is 0 Å². The number of carbonyl (C=O) groups is 1. The van der Waals surface area contributed by atoms with Crippen molar-refractivity contribution in [2.75, 3.05) is 11.1 Å². The Morgan fingerprint density at radius 1 is 1.38 bits per heavy atom. The van der Waals surface area contributed by atoms with Crippen LogP contribution in [-0.4, -0.2) is 21.6 Å². The van der Waals surface area contributed by atoms with E-state index in [0.29, 0.717) is 11.1 Å². The second-order valence-electron chi connectivity index (χ2n) is 5.87. The Morgan fingerprint density at radius 3 is 2.96 bits per heavy atom. The first kappa shape index (κ1) is 17.1. The van der Waals surface area contributed by atoms with Gasteiger partial charge < -0.3 is 10.3 Å². The third-order valence-electron chi connectivity index (χ3n) is 3.76. The van der Waals surface area contributed by atoms with Crippen molar-refractivity contribution in [3.8, 4) is 0 Å². The molecule has 2 heterocycles. The monoisotopic (exact) mass is 361 g/mol. The number of hydrogen-bond donors (Lipinski definition) is 2. The Kier molecular flexibility index (Phi) is 5.30. The van der Waals surface area contributed by atoms with Gasteiger partial charge in [0, 0.05) is 22.8 Å². The van der Waals surface area contributed by atoms with Crippen molar-refractivity contribution in [3.63, 3.8) is 0 Å². The van der Waals surface area contributed by atoms with Crippen LogP contribution in [0.3, 0.4) is 0 Å². The number of rotatable bonds is 5. The number of anilines is 1. The number of hydrogen-bond acceptors (Lipinski definition) is 5. The number of para-hydroxylation sites is 1. The molecule has 0 unspecified atom stereocenters. The zero-order valence-electron chi connectivity index (χ0n) is 13.6. The number of amides is 1. The number of nitrogens with one attached hydrogen (secondary N) is 2. The minimum atomic E-state index is -0.106. The highest BCUT2D eigenvalue weighted by molar-refractivity contribution is 7.99. The highest BCUT2D eigenvalue weighted by Crippen LogP contribution is 2.27. The number of aromatic amines is 1. The number of nitrogens with zero attached hydrogens (tertiary/aromatic N) is 1. The molecule has 3 rings (SSSR count). The van der Waals surface area contributed by atoms with Crippen LogP contribution in [0.15, 0.2) is 34.2 Å². The zero-order valence-corrected chi connectivity index (χ0v) is 15.2. The summed E-state index contributed by atoms with van der Waals surface area (Å²) in [5.74, 6) is 1.92. The lowest BCUT2D eigenvalue weighted by atomic mass is 10.0. The van der Waals surface area contributed by atoms with Crippen LogP contribution in [0.25, 0.3) is 0 Å². The maximum Gasteiger partial charge on any atom is 0.255 e. The summed E-state index contributed by atoms with van der Waals surface area (Å²) in [4.78, 5) is 31.4. The van der Waals surface area contributed by atoms with Crippen molar-refractivity contribution in [2.45, 2.75) is 36.4 Å². The van der Waals surface area contributed by atoms with Gasteiger partial charge in [-0.25, -0.2) is 4.98 Å². The molecule has 7 heteroatoms. The molecule has 2 N–H and O–H groups in total. The molecule has 0 saturated heterocycles. The summed E-state index contributed by atoms with van der Waals surface area (Å²) in [5, 5.41) is 3.45. The van der Waals surface area contributed by atoms with Crippen LogP contribution in [0, 0.1) is 0 Å². The summed E-state index contributed by atoms with van der Waals surface area (Å²) in [6.45, 7) is 4.19. The average molecular weight is 361 g/mol. The lowest BCUT2D eigenvalue weighted by Crippen LogP contribution is -2.18. The van der Waals surface area contributed by atoms with E-state index < -0.39 is 0 Å². The summed E-state index contributed by atoms with van der Waals surface area (Å²) in [5.41, 5.74) is 3.47. The van der Waals surface area contributed by atoms with Crippen LogP contribution in [0.4, 0.5) is 5.69 Å². The summed E-state index contributed by atoms with van der Waals surface area (Å²) < 4.78 is 0. The van der Waals surface area contributed by atoms with Gasteiger partial charge >= 0.3 is 0 Å². The summed E-state index contributed by atoms with van der Waals surface area (Å²) in [7, 11) is 0. The van der Waals surface area contributed by atoms with Gasteiger partial charge in [0.15, 0.2) is 5.16 Å². The van der Waals surface area contributed by atoms with Crippen molar-refractivity contribution in [3.05, 3.63) is 51.4 Å². The summed E-state index contributed by atoms with van der Waals surface area (Å²) in [6.07, 6.45) is 0. The highest BCUT2D eigenvalue weighted by atomic mass is 32.2. The van der Waals surface area contributed by atoms with Gasteiger partial charge in [0.25, 0.3) is 5.56 Å². The van der Waals surface area contributed by atoms with E-state index in [0.717, 1.165) is 34.0 Å². The average Bonchev–Trinajstić information content (AvgIpc) is 3.02. The lowest BCUT2D eigenvalue weighted by Gasteiger charge is -2.13. The number of thioether (sulfide) groups is 2. The van der Waals surface area contributed by atoms with E-state index in [2.05, 4.69) is 29.1 Å². The van der Waals surface area contributed by atoms with Gasteiger partial charge in [-0.05, 0) is 17.5 Å². The van der Waals surface area contributed by atoms with E-state index >= 15 is 0 Å². The van der Waals surface area contributed by atoms with E-state index in [1.54, 1.807) is 11.8 Å². The van der Waals surface area contributed by atoms with Crippen molar-refractivity contribution >= 4 is 35.1 Å². The first-order valence-corrected chi connectivity index (χ1v) is 9.90. The molecule has 0 atom stereocenters. The fourth-order valence-electron chi connectivity index (χ4n) is 2.54. The Labute approximate surface area is 149 Å². The highest BCUT2D eigenvalue weighted by Gasteiger charge is 2.18. The Bertz CT molecular complexity index is 818. The molecule has 24 heavy (non-hydrogen) atoms. The second kappa shape index (κ2) is 7.44. The molecular weight excluding hydrogens is 342 g/mol. The number of aromatic nitrogens is 2. The Morgan fingerprint density at radius 2 is 2.17 bits per heavy atom. The molecule has 2 aromatic rings. The van der Waals surface area contributed by atoms with Gasteiger partial charge in [-0.1, -0.05) is 43.8 Å². The lowest BCUT2D eigenvalue weighted by molar-refractivity contribution is -0.113. The van der Waals surface area contributed by atoms with E-state index in [-0.39, 0.29) is 17.2 Å². The fourth-order valence-corrected chi connectivity index (χ4v) is 4.26. The van der Waals surface area contributed by atoms with Crippen LogP contribution in [0.1, 0.15) is 36.6 Å². The van der Waals surface area contributed by atoms with Gasteiger partial charge in [0.2, 0.25) is 5.91 Å². The molecule has 1 aromatic carbocycles. The minimum absolute atomic E-state index is 0.0851. The van der Waals surface area contributed by atoms with Gasteiger partial charge in [-0.3, -0.25) is 9.59 Å². The molecule has 1 aliphatic rings. The van der Waals surface area contributed by atoms with Crippen molar-refractivity contribution < 1.29 is 4.79 Å². The Hall–Kier alpha value is -1.73. The quantitative estimate of drug-likeness (QED) is 0.631. The molecule has 0 spiro atoms. The first-order chi connectivity index (χ1) is 11.5. The molecule has 1 amide bonds. The normalized spacial score (nSPS) is 13.1. The molecule has 0 aliphatic carbocycles. The molecule has 0 bridgehead atoms. The molecule has 126 valence electrons. The van der Waals surface area contributed by atoms with Gasteiger partial charge in [0.1, 0.15) is 0 Å². The predicted molar refractivity (Wildman–Crippen MR) is 99.7 cm³/mol. The second-order valence-corrected chi connectivity index (χ2v) is 7.82. The first-order valence-electron chi connectivity index (χ1n) is 7.76. The fraction of sp³-hybridized carbons (Fsp3) is 0.353. The number of fused-ring (bicyclic) bond motifs is 1. The molecule has 0 saturated carbocycles. The number of carbonyl (C=O) groups excluding carboxylic acids is 1. The van der Waals surface area contributed by atoms with Gasteiger partial charge in [-0.15, -0.1) is 0 Å². The van der Waals surface area contributed by atoms with E-state index in [4.69, 9.17) is 0 Å². The van der Waals surface area contributed by atoms with E-state index in [1.165, 1.54) is 11.8 Å². The standard InChI is InChI=1S/C17H19N3O2S2/c1-10(2)11-5-3-4-6-13(11)18-15(21)9-24-17-19-14-8-23-7-12(14)16(22)20-17/h3-6,10H,7-9H2,1-2H3,(H,18,21)(H,19,20,22). The number of H-pyrrole nitrogens is 1. The maximum absolute atomic E-state index is 12.2. The molecule has 1 aromatic heterocycles. The third kappa shape index (κ3) is 3.84. The van der Waals surface area contributed by atoms with E-state index in [9.17, 15) is 9.59 Å². The summed E-state index contributed by atoms with van der Waals surface area (Å²) >= 11 is 2.94. The minimum Gasteiger partial charge on any atom is -0.325 e. The number of benzene rings is 1. The topological polar surface area (TPSA) is 74.8 Å². The predicted octanol–water partition coefficient (Wildman–Crippen LogP) is 3.37. The molecule has 0 radical (unpaired) electrons. The van der Waals surface area contributed by atoms with Gasteiger partial charge in [0.05, 0.1) is 11.4 Å². The smallest absolute Gasteiger partial charge is 0.255 e. The van der Waals surface area contributed by atoms with E-state index in [1.807, 2.05) is 24.3 Å². The third-order valence-corrected chi connectivity index (χ3v) is 5.61. The van der Waals surface area contributed by atoms with Crippen molar-refractivity contribution in [1.29, 1.82) is 0 Å². The summed E-state index contributed by atoms with van der Waals surface area (Å²) in [6, 6.07) is 7.80. The Balaban J connectivity index is 1.65. The molecule has 0 fully saturated rings. The van der Waals surface area contributed by atoms with Crippen molar-refractivity contribution in [2.24, 2.45) is 0 Å². The molecular formula is C17H19N3O2S2. The van der Waals surface area contributed by atoms with Gasteiger partial charge in [-0.2, -0.15) is 11.8 Å². The largest absolute Gasteiger partial charge is 0.325 e.